The maximum atomic E-state index is 14.7. The Hall–Kier alpha value is -2.09. The number of carbonyl (C=O) groups is 1. The number of amidine groups is 1. The van der Waals surface area contributed by atoms with Crippen molar-refractivity contribution in [3.8, 4) is 0 Å². The lowest BCUT2D eigenvalue weighted by Crippen LogP contribution is -2.53. The molecule has 0 spiro atoms. The Morgan fingerprint density at radius 3 is 2.47 bits per heavy atom. The number of nitrogens with zero attached hydrogens (tertiary/aromatic N) is 3. The second-order valence-corrected chi connectivity index (χ2v) is 10.1. The molecule has 0 unspecified atom stereocenters. The maximum absolute atomic E-state index is 14.7. The largest absolute Gasteiger partial charge is 0.477 e. The minimum absolute atomic E-state index is 0.0238. The summed E-state index contributed by atoms with van der Waals surface area (Å²) in [5, 5.41) is 10.8. The standard InChI is InChI=1S/C23H22Cl2FN3O2S/c1-5-23(13-6-8-15(24)16(26)10-13)22(4,14-7-9-17(25)27-11-14)28-21-29(23)18(12(2)3)19(32-21)20(30)31/h6-12H,5H2,1-4H3,(H,30,31)/t22-,23+/m0/s1. The molecular weight excluding hydrogens is 472 g/mol. The van der Waals surface area contributed by atoms with Crippen LogP contribution in [0.3, 0.4) is 0 Å². The number of benzene rings is 1. The lowest BCUT2D eigenvalue weighted by molar-refractivity contribution is -0.132. The molecule has 2 aliphatic rings. The van der Waals surface area contributed by atoms with Gasteiger partial charge in [-0.3, -0.25) is 0 Å². The fourth-order valence-corrected chi connectivity index (χ4v) is 6.35. The predicted molar refractivity (Wildman–Crippen MR) is 126 cm³/mol. The third-order valence-corrected chi connectivity index (χ3v) is 7.88. The first-order valence-corrected chi connectivity index (χ1v) is 11.8. The monoisotopic (exact) mass is 493 g/mol. The van der Waals surface area contributed by atoms with Gasteiger partial charge in [-0.15, -0.1) is 0 Å². The van der Waals surface area contributed by atoms with E-state index in [0.717, 1.165) is 17.3 Å². The van der Waals surface area contributed by atoms with Gasteiger partial charge in [0, 0.05) is 17.5 Å². The zero-order chi connectivity index (χ0) is 23.4. The minimum atomic E-state index is -1.00. The van der Waals surface area contributed by atoms with Gasteiger partial charge in [0.05, 0.1) is 5.02 Å². The predicted octanol–water partition coefficient (Wildman–Crippen LogP) is 6.42. The number of halogens is 3. The Morgan fingerprint density at radius 1 is 1.25 bits per heavy atom. The third-order valence-electron chi connectivity index (χ3n) is 6.30. The molecule has 3 heterocycles. The first-order valence-electron chi connectivity index (χ1n) is 10.2. The summed E-state index contributed by atoms with van der Waals surface area (Å²) in [5.74, 6) is -1.64. The van der Waals surface area contributed by atoms with Crippen LogP contribution in [0, 0.1) is 11.7 Å². The highest BCUT2D eigenvalue weighted by Crippen LogP contribution is 2.61. The van der Waals surface area contributed by atoms with Crippen molar-refractivity contribution in [2.24, 2.45) is 10.9 Å². The number of thioether (sulfide) groups is 1. The Labute approximate surface area is 200 Å². The third kappa shape index (κ3) is 3.17. The summed E-state index contributed by atoms with van der Waals surface area (Å²) >= 11 is 13.2. The molecule has 0 saturated heterocycles. The molecule has 0 aliphatic carbocycles. The van der Waals surface area contributed by atoms with Gasteiger partial charge in [0.25, 0.3) is 0 Å². The number of pyridine rings is 1. The fourth-order valence-electron chi connectivity index (χ4n) is 4.85. The number of aromatic nitrogens is 1. The van der Waals surface area contributed by atoms with E-state index in [9.17, 15) is 14.3 Å². The van der Waals surface area contributed by atoms with Crippen LogP contribution in [0.5, 0.6) is 0 Å². The first kappa shape index (κ1) is 23.1. The summed E-state index contributed by atoms with van der Waals surface area (Å²) in [6.07, 6.45) is 2.19. The number of allylic oxidation sites excluding steroid dienone is 1. The molecule has 5 nitrogen and oxygen atoms in total. The smallest absolute Gasteiger partial charge is 0.344 e. The van der Waals surface area contributed by atoms with Gasteiger partial charge in [-0.2, -0.15) is 0 Å². The topological polar surface area (TPSA) is 65.8 Å². The van der Waals surface area contributed by atoms with E-state index in [1.54, 1.807) is 18.3 Å². The van der Waals surface area contributed by atoms with Crippen LogP contribution in [0.4, 0.5) is 4.39 Å². The lowest BCUT2D eigenvalue weighted by Gasteiger charge is -2.48. The van der Waals surface area contributed by atoms with Gasteiger partial charge < -0.3 is 10.0 Å². The van der Waals surface area contributed by atoms with Crippen LogP contribution in [0.25, 0.3) is 0 Å². The van der Waals surface area contributed by atoms with Crippen LogP contribution in [0.15, 0.2) is 52.1 Å². The minimum Gasteiger partial charge on any atom is -0.477 e. The zero-order valence-corrected chi connectivity index (χ0v) is 20.3. The molecule has 1 aromatic carbocycles. The van der Waals surface area contributed by atoms with Crippen LogP contribution < -0.4 is 0 Å². The Balaban J connectivity index is 2.06. The second kappa shape index (κ2) is 8.04. The number of aliphatic carboxylic acids is 1. The Morgan fingerprint density at radius 2 is 1.94 bits per heavy atom. The van der Waals surface area contributed by atoms with Crippen molar-refractivity contribution >= 4 is 46.1 Å². The van der Waals surface area contributed by atoms with E-state index in [4.69, 9.17) is 28.2 Å². The van der Waals surface area contributed by atoms with E-state index in [2.05, 4.69) is 4.98 Å². The number of aliphatic imine (C=N–C) groups is 1. The van der Waals surface area contributed by atoms with E-state index in [-0.39, 0.29) is 15.8 Å². The van der Waals surface area contributed by atoms with Gasteiger partial charge in [0.1, 0.15) is 27.0 Å². The van der Waals surface area contributed by atoms with E-state index in [1.165, 1.54) is 12.1 Å². The van der Waals surface area contributed by atoms with Gasteiger partial charge in [-0.1, -0.05) is 56.1 Å². The second-order valence-electron chi connectivity index (χ2n) is 8.29. The highest BCUT2D eigenvalue weighted by atomic mass is 35.5. The molecule has 2 atom stereocenters. The Kier molecular flexibility index (Phi) is 5.80. The molecule has 1 N–H and O–H groups in total. The molecule has 1 aromatic heterocycles. The summed E-state index contributed by atoms with van der Waals surface area (Å²) in [4.78, 5) is 23.6. The lowest BCUT2D eigenvalue weighted by atomic mass is 9.68. The van der Waals surface area contributed by atoms with Crippen LogP contribution in [-0.2, 0) is 15.9 Å². The van der Waals surface area contributed by atoms with Crippen molar-refractivity contribution in [2.75, 3.05) is 0 Å². The molecule has 0 fully saturated rings. The van der Waals surface area contributed by atoms with Crippen LogP contribution in [0.1, 0.15) is 45.2 Å². The summed E-state index contributed by atoms with van der Waals surface area (Å²) in [6.45, 7) is 7.86. The van der Waals surface area contributed by atoms with E-state index >= 15 is 0 Å². The number of rotatable bonds is 5. The zero-order valence-electron chi connectivity index (χ0n) is 18.0. The van der Waals surface area contributed by atoms with Crippen molar-refractivity contribution < 1.29 is 14.3 Å². The summed E-state index contributed by atoms with van der Waals surface area (Å²) < 4.78 is 14.7. The van der Waals surface area contributed by atoms with Crippen LogP contribution in [-0.4, -0.2) is 26.1 Å². The molecule has 0 bridgehead atoms. The fraction of sp³-hybridized carbons (Fsp3) is 0.348. The van der Waals surface area contributed by atoms with E-state index < -0.39 is 22.9 Å². The summed E-state index contributed by atoms with van der Waals surface area (Å²) in [7, 11) is 0. The highest BCUT2D eigenvalue weighted by molar-refractivity contribution is 8.18. The molecule has 32 heavy (non-hydrogen) atoms. The molecule has 2 aromatic rings. The Bertz CT molecular complexity index is 1170. The molecule has 0 radical (unpaired) electrons. The van der Waals surface area contributed by atoms with Crippen molar-refractivity contribution in [3.05, 3.63) is 74.3 Å². The molecule has 0 saturated carbocycles. The van der Waals surface area contributed by atoms with Gasteiger partial charge >= 0.3 is 5.97 Å². The molecule has 2 aliphatic heterocycles. The molecule has 9 heteroatoms. The van der Waals surface area contributed by atoms with Gasteiger partial charge in [-0.05, 0) is 54.8 Å². The number of fused-ring (bicyclic) bond motifs is 1. The SMILES string of the molecule is CC[C@]1(c2ccc(Cl)c(F)c2)N2C(=N[C@@]1(C)c1ccc(Cl)nc1)SC(C(=O)O)=C2C(C)C. The van der Waals surface area contributed by atoms with Gasteiger partial charge in [-0.25, -0.2) is 19.2 Å². The number of hydrogen-bond donors (Lipinski definition) is 1. The normalized spacial score (nSPS) is 24.9. The highest BCUT2D eigenvalue weighted by Gasteiger charge is 2.62. The van der Waals surface area contributed by atoms with Crippen molar-refractivity contribution in [1.29, 1.82) is 0 Å². The number of carboxylic acid groups (broad SMARTS) is 1. The van der Waals surface area contributed by atoms with Crippen LogP contribution in [0.2, 0.25) is 10.2 Å². The van der Waals surface area contributed by atoms with E-state index in [0.29, 0.717) is 28.0 Å². The van der Waals surface area contributed by atoms with Crippen molar-refractivity contribution in [3.63, 3.8) is 0 Å². The maximum Gasteiger partial charge on any atom is 0.344 e. The average molecular weight is 494 g/mol. The molecule has 168 valence electrons. The number of hydrogen-bond acceptors (Lipinski definition) is 5. The first-order chi connectivity index (χ1) is 15.1. The van der Waals surface area contributed by atoms with Gasteiger partial charge in [0.2, 0.25) is 0 Å². The summed E-state index contributed by atoms with van der Waals surface area (Å²) in [6, 6.07) is 8.30. The van der Waals surface area contributed by atoms with Crippen molar-refractivity contribution in [2.45, 2.75) is 45.2 Å². The number of carboxylic acids is 1. The molecular formula is C23H22Cl2FN3O2S. The quantitative estimate of drug-likeness (QED) is 0.486. The van der Waals surface area contributed by atoms with Crippen molar-refractivity contribution in [1.82, 2.24) is 9.88 Å². The van der Waals surface area contributed by atoms with E-state index in [1.807, 2.05) is 38.7 Å². The van der Waals surface area contributed by atoms with Gasteiger partial charge in [0.15, 0.2) is 5.17 Å². The molecule has 4 rings (SSSR count). The van der Waals surface area contributed by atoms with Crippen LogP contribution >= 0.6 is 35.0 Å². The summed E-state index contributed by atoms with van der Waals surface area (Å²) in [5.41, 5.74) is 0.299. The average Bonchev–Trinajstić information content (AvgIpc) is 3.22. The molecule has 0 amide bonds.